The van der Waals surface area contributed by atoms with E-state index in [0.717, 1.165) is 18.8 Å². The summed E-state index contributed by atoms with van der Waals surface area (Å²) in [4.78, 5) is 0. The maximum absolute atomic E-state index is 8.90. The van der Waals surface area contributed by atoms with Gasteiger partial charge in [-0.05, 0) is 25.2 Å². The van der Waals surface area contributed by atoms with Gasteiger partial charge in [-0.1, -0.05) is 20.8 Å². The van der Waals surface area contributed by atoms with Crippen molar-refractivity contribution < 1.29 is 37.8 Å². The van der Waals surface area contributed by atoms with Gasteiger partial charge in [0.2, 0.25) is 0 Å². The number of hydrogen-bond donors (Lipinski definition) is 1. The van der Waals surface area contributed by atoms with Crippen LogP contribution in [-0.4, -0.2) is 18.3 Å². The Balaban J connectivity index is -0.000000144. The van der Waals surface area contributed by atoms with Crippen molar-refractivity contribution in [3.8, 4) is 0 Å². The average Bonchev–Trinajstić information content (AvgIpc) is 2.43. The van der Waals surface area contributed by atoms with Crippen LogP contribution in [0.5, 0.6) is 0 Å². The molecule has 0 aromatic heterocycles. The van der Waals surface area contributed by atoms with Gasteiger partial charge in [-0.2, -0.15) is 7.05 Å². The summed E-state index contributed by atoms with van der Waals surface area (Å²) in [6, 6.07) is 0. The van der Waals surface area contributed by atoms with Crippen molar-refractivity contribution in [1.29, 1.82) is 0 Å². The maximum atomic E-state index is 8.90. The Hall–Kier alpha value is 1.02. The summed E-state index contributed by atoms with van der Waals surface area (Å²) in [6.07, 6.45) is 3.30. The second kappa shape index (κ2) is 14.5. The number of aliphatic hydroxyl groups is 1. The Kier molecular flexibility index (Phi) is 22.7. The van der Waals surface area contributed by atoms with Gasteiger partial charge in [0.25, 0.3) is 0 Å². The fourth-order valence-electron chi connectivity index (χ4n) is 1.18. The fraction of sp³-hybridized carbons (Fsp3) is 1.00. The second-order valence-electron chi connectivity index (χ2n) is 2.57. The van der Waals surface area contributed by atoms with E-state index in [1.54, 1.807) is 0 Å². The van der Waals surface area contributed by atoms with Crippen molar-refractivity contribution in [2.45, 2.75) is 46.1 Å². The third-order valence-corrected chi connectivity index (χ3v) is 1.67. The molecule has 0 aromatic carbocycles. The van der Waals surface area contributed by atoms with Crippen LogP contribution in [0.4, 0.5) is 0 Å². The van der Waals surface area contributed by atoms with Crippen LogP contribution >= 0.6 is 0 Å². The summed E-state index contributed by atoms with van der Waals surface area (Å²) in [5.74, 6) is 0.773. The summed E-state index contributed by atoms with van der Waals surface area (Å²) in [5, 5.41) is 8.90. The van der Waals surface area contributed by atoms with Gasteiger partial charge >= 0.3 is 0 Å². The minimum absolute atomic E-state index is 0. The molecule has 1 radical (unpaired) electrons. The predicted octanol–water partition coefficient (Wildman–Crippen LogP) is 2.86. The summed E-state index contributed by atoms with van der Waals surface area (Å²) in [6.45, 7) is 6.19. The van der Waals surface area contributed by atoms with Crippen molar-refractivity contribution in [3.63, 3.8) is 0 Å². The van der Waals surface area contributed by atoms with E-state index in [1.165, 1.54) is 13.5 Å². The molecule has 2 atom stereocenters. The molecule has 1 aliphatic rings. The number of nitrogens with one attached hydrogen (secondary N) is 1. The summed E-state index contributed by atoms with van der Waals surface area (Å²) >= 11 is 0. The molecular weight excluding hydrogens is 227 g/mol. The van der Waals surface area contributed by atoms with Gasteiger partial charge in [-0.15, -0.1) is 0 Å². The van der Waals surface area contributed by atoms with Gasteiger partial charge in [0.15, 0.2) is 0 Å². The average molecular weight is 249 g/mol. The minimum atomic E-state index is 0. The molecule has 0 aliphatic heterocycles. The van der Waals surface area contributed by atoms with Crippen molar-refractivity contribution in [1.82, 2.24) is 0 Å². The number of hydrogen-bond acceptors (Lipinski definition) is 1. The molecule has 0 aromatic rings. The van der Waals surface area contributed by atoms with Gasteiger partial charge in [0, 0.05) is 32.7 Å². The molecule has 73 valence electrons. The first-order chi connectivity index (χ1) is 5.29. The molecule has 1 aliphatic carbocycles. The number of rotatable bonds is 0. The third kappa shape index (κ3) is 11.0. The maximum Gasteiger partial charge on any atom is 0.0542 e. The molecule has 0 bridgehead atoms. The van der Waals surface area contributed by atoms with E-state index in [4.69, 9.17) is 10.8 Å². The van der Waals surface area contributed by atoms with Gasteiger partial charge in [-0.25, -0.2) is 0 Å². The fourth-order valence-corrected chi connectivity index (χ4v) is 1.18. The van der Waals surface area contributed by atoms with Crippen LogP contribution < -0.4 is 0 Å². The molecule has 1 saturated carbocycles. The van der Waals surface area contributed by atoms with E-state index in [2.05, 4.69) is 6.92 Å². The third-order valence-electron chi connectivity index (χ3n) is 1.67. The monoisotopic (exact) mass is 249 g/mol. The molecule has 12 heavy (non-hydrogen) atoms. The molecule has 1 fully saturated rings. The molecule has 0 saturated heterocycles. The Morgan fingerprint density at radius 1 is 1.17 bits per heavy atom. The molecule has 2 N–H and O–H groups in total. The molecule has 0 heterocycles. The van der Waals surface area contributed by atoms with Crippen LogP contribution in [0.15, 0.2) is 0 Å². The van der Waals surface area contributed by atoms with E-state index < -0.39 is 0 Å². The van der Waals surface area contributed by atoms with E-state index in [1.807, 2.05) is 13.8 Å². The second-order valence-corrected chi connectivity index (χ2v) is 2.57. The van der Waals surface area contributed by atoms with E-state index >= 15 is 0 Å². The SMILES string of the molecule is CC.CC1CCC(O)C1.C[NH-].[Y]. The standard InChI is InChI=1S/C6H12O.C2H6.CH4N.Y/c1-5-2-3-6(7)4-5;2*1-2;/h5-7H,2-4H2,1H3;1-2H3;2H,1H3;/q;;-1;. The molecule has 2 nitrogen and oxygen atoms in total. The van der Waals surface area contributed by atoms with Gasteiger partial charge in [-0.3, -0.25) is 0 Å². The van der Waals surface area contributed by atoms with Crippen molar-refractivity contribution in [2.24, 2.45) is 5.92 Å². The van der Waals surface area contributed by atoms with Crippen LogP contribution in [0.3, 0.4) is 0 Å². The first-order valence-electron chi connectivity index (χ1n) is 4.47. The zero-order valence-electron chi connectivity index (χ0n) is 8.80. The summed E-state index contributed by atoms with van der Waals surface area (Å²) in [5.41, 5.74) is 5.75. The first kappa shape index (κ1) is 18.7. The van der Waals surface area contributed by atoms with Crippen LogP contribution in [0.25, 0.3) is 5.73 Å². The zero-order valence-corrected chi connectivity index (χ0v) is 11.6. The van der Waals surface area contributed by atoms with E-state index in [9.17, 15) is 0 Å². The van der Waals surface area contributed by atoms with Crippen molar-refractivity contribution >= 4 is 0 Å². The van der Waals surface area contributed by atoms with Crippen molar-refractivity contribution in [2.75, 3.05) is 7.05 Å². The van der Waals surface area contributed by atoms with E-state index in [0.29, 0.717) is 0 Å². The Labute approximate surface area is 102 Å². The first-order valence-corrected chi connectivity index (χ1v) is 4.47. The van der Waals surface area contributed by atoms with Gasteiger partial charge in [0.05, 0.1) is 6.10 Å². The van der Waals surface area contributed by atoms with E-state index in [-0.39, 0.29) is 38.8 Å². The predicted molar refractivity (Wildman–Crippen MR) is 50.6 cm³/mol. The minimum Gasteiger partial charge on any atom is -0.680 e. The van der Waals surface area contributed by atoms with Crippen LogP contribution in [0.1, 0.15) is 40.0 Å². The molecule has 0 amide bonds. The van der Waals surface area contributed by atoms with Crippen LogP contribution in [0, 0.1) is 5.92 Å². The Bertz CT molecular complexity index is 63.5. The normalized spacial score (nSPS) is 25.5. The zero-order chi connectivity index (χ0) is 9.28. The largest absolute Gasteiger partial charge is 0.680 e. The van der Waals surface area contributed by atoms with Crippen molar-refractivity contribution in [3.05, 3.63) is 5.73 Å². The Morgan fingerprint density at radius 2 is 1.58 bits per heavy atom. The topological polar surface area (TPSA) is 44.0 Å². The molecular formula is C9H22NOY-. The summed E-state index contributed by atoms with van der Waals surface area (Å²) < 4.78 is 0. The molecule has 0 spiro atoms. The van der Waals surface area contributed by atoms with Crippen LogP contribution in [-0.2, 0) is 32.7 Å². The Morgan fingerprint density at radius 3 is 1.67 bits per heavy atom. The smallest absolute Gasteiger partial charge is 0.0542 e. The van der Waals surface area contributed by atoms with Gasteiger partial charge in [0.1, 0.15) is 0 Å². The molecule has 1 rings (SSSR count). The molecule has 2 unspecified atom stereocenters. The quantitative estimate of drug-likeness (QED) is 0.704. The van der Waals surface area contributed by atoms with Crippen LogP contribution in [0.2, 0.25) is 0 Å². The molecule has 3 heteroatoms. The van der Waals surface area contributed by atoms with Gasteiger partial charge < -0.3 is 10.8 Å². The summed E-state index contributed by atoms with van der Waals surface area (Å²) in [7, 11) is 1.25. The number of aliphatic hydroxyl groups excluding tert-OH is 1.